The average molecular weight is 2130 g/mol. The van der Waals surface area contributed by atoms with Gasteiger partial charge >= 0.3 is 93.6 Å². The first kappa shape index (κ1) is 110. The molecule has 3 aromatic rings. The smallest absolute Gasteiger partial charge is 0.387 e. The summed E-state index contributed by atoms with van der Waals surface area (Å²) in [5.74, 6) is 0. The molecule has 21 heterocycles. The van der Waals surface area contributed by atoms with Crippen molar-refractivity contribution in [1.82, 2.24) is 0 Å². The van der Waals surface area contributed by atoms with Crippen molar-refractivity contribution < 1.29 is 281 Å². The van der Waals surface area contributed by atoms with E-state index < -0.39 is 375 Å². The van der Waals surface area contributed by atoms with Crippen LogP contribution in [0.1, 0.15) is 16.7 Å². The molecule has 0 radical (unpaired) electrons. The Balaban J connectivity index is 1.12. The van der Waals surface area contributed by atoms with E-state index >= 15 is 0 Å². The Bertz CT molecular complexity index is 5420. The fourth-order valence-electron chi connectivity index (χ4n) is 14.6. The van der Waals surface area contributed by atoms with Gasteiger partial charge in [-0.05, 0) is 16.7 Å². The number of benzene rings is 3. The quantitative estimate of drug-likeness (QED) is 0.0247. The van der Waals surface area contributed by atoms with Crippen molar-refractivity contribution in [3.05, 3.63) is 108 Å². The van der Waals surface area contributed by atoms with Crippen molar-refractivity contribution in [3.63, 3.8) is 0 Å². The van der Waals surface area contributed by atoms with Gasteiger partial charge in [0.1, 0.15) is 165 Å². The molecule has 21 fully saturated rings. The van der Waals surface area contributed by atoms with Crippen LogP contribution < -0.4 is 0 Å². The highest BCUT2D eigenvalue weighted by Gasteiger charge is 2.63. The van der Waals surface area contributed by atoms with Gasteiger partial charge in [0.25, 0.3) is 0 Å². The Hall–Kier alpha value is -4.55. The summed E-state index contributed by atoms with van der Waals surface area (Å²) in [6.45, 7) is -14.8. The van der Waals surface area contributed by atoms with E-state index in [0.717, 1.165) is 0 Å². The van der Waals surface area contributed by atoms with E-state index in [2.05, 4.69) is 25.1 Å². The zero-order valence-corrected chi connectivity index (χ0v) is 74.5. The number of ether oxygens (including phenoxy) is 17. The van der Waals surface area contributed by atoms with Gasteiger partial charge in [0.15, 0.2) is 50.1 Å². The van der Waals surface area contributed by atoms with Gasteiger partial charge in [0.2, 0.25) is 0 Å². The van der Waals surface area contributed by atoms with Crippen LogP contribution in [-0.2, 0) is 232 Å². The van der Waals surface area contributed by atoms with Crippen molar-refractivity contribution >= 4 is 93.6 Å². The largest absolute Gasteiger partial charge is 0.397 e. The second kappa shape index (κ2) is 45.4. The first-order valence-corrected chi connectivity index (χ1v) is 50.4. The summed E-state index contributed by atoms with van der Waals surface area (Å²) in [7, 11) is -53.8. The Kier molecular flexibility index (Phi) is 37.2. The van der Waals surface area contributed by atoms with E-state index in [1.54, 1.807) is 0 Å². The first-order chi connectivity index (χ1) is 62.2. The molecule has 766 valence electrons. The predicted molar refractivity (Wildman–Crippen MR) is 409 cm³/mol. The van der Waals surface area contributed by atoms with E-state index in [-0.39, 0.29) is 16.7 Å². The van der Waals surface area contributed by atoms with Gasteiger partial charge < -0.3 is 126 Å². The molecule has 0 amide bonds. The highest BCUT2D eigenvalue weighted by Crippen LogP contribution is 2.43. The Morgan fingerprint density at radius 1 is 0.201 bits per heavy atom. The number of aliphatic hydroxyl groups is 9. The molecular formula is C63H88O62S9. The third kappa shape index (κ3) is 31.5. The highest BCUT2D eigenvalue weighted by atomic mass is 32.3. The Morgan fingerprint density at radius 2 is 0.381 bits per heavy atom. The second-order valence-corrected chi connectivity index (χ2v) is 39.4. The van der Waals surface area contributed by atoms with E-state index in [1.165, 1.54) is 91.0 Å². The lowest BCUT2D eigenvalue weighted by Crippen LogP contribution is -2.69. The molecule has 18 N–H and O–H groups in total. The van der Waals surface area contributed by atoms with Gasteiger partial charge in [-0.25, -0.2) is 37.6 Å². The molecule has 3 aromatic carbocycles. The van der Waals surface area contributed by atoms with Crippen LogP contribution in [0.3, 0.4) is 0 Å². The summed E-state index contributed by atoms with van der Waals surface area (Å²) in [6.07, 6.45) is -97.5. The van der Waals surface area contributed by atoms with E-state index in [1.807, 2.05) is 0 Å². The summed E-state index contributed by atoms with van der Waals surface area (Å²) >= 11 is 0. The summed E-state index contributed by atoms with van der Waals surface area (Å²) in [6, 6.07) is 21.2. The number of aliphatic hydroxyl groups excluding tert-OH is 9. The van der Waals surface area contributed by atoms with Crippen LogP contribution in [0.2, 0.25) is 0 Å². The zero-order valence-electron chi connectivity index (χ0n) is 67.1. The molecule has 16 unspecified atom stereocenters. The van der Waals surface area contributed by atoms with Crippen LogP contribution in [-0.4, -0.2) is 424 Å². The highest BCUT2D eigenvalue weighted by molar-refractivity contribution is 7.82. The SMILES string of the molecule is O=S(=O)(O)OC[C@H]1OC2OC3[C@H](O)C(O)C(OC4[C@@H](COS(=O)(=O)O)OC(OC5[C@@H](COS(=O)(=O)O)OC(OC6[C@@H](COS(=O)(=O)O)OC(OC7[C@@H](COS(=O)(=O)O)O[C@H](OC8[C@H](O)C(O)C(OC1[C@H](O)C2O)O[C@@H]8COS(=O)(=O)O)[C@H](OS(=O)(=O)O)[C@H]7OS(=O)(=O)O)[C@H](OCc1ccccc1)[C@H]6O)[C@H](OCc1ccccc1)[C@H]5O)[C@H](OCc1ccccc1)[C@H]4O)O[C@@H]3COS(=O)(=O)O. The molecule has 0 aromatic heterocycles. The molecule has 0 saturated carbocycles. The maximum Gasteiger partial charge on any atom is 0.397 e. The molecule has 35 atom stereocenters. The third-order valence-corrected chi connectivity index (χ3v) is 24.4. The van der Waals surface area contributed by atoms with Crippen molar-refractivity contribution in [3.8, 4) is 0 Å². The summed E-state index contributed by atoms with van der Waals surface area (Å²) in [4.78, 5) is 0. The van der Waals surface area contributed by atoms with E-state index in [0.29, 0.717) is 0 Å². The zero-order chi connectivity index (χ0) is 98.5. The molecule has 14 bridgehead atoms. The fraction of sp³-hybridized carbons (Fsp3) is 0.714. The maximum absolute atomic E-state index is 13.3. The lowest BCUT2D eigenvalue weighted by molar-refractivity contribution is -0.400. The molecule has 21 aliphatic rings. The van der Waals surface area contributed by atoms with Crippen molar-refractivity contribution in [2.75, 3.05) is 46.2 Å². The van der Waals surface area contributed by atoms with Crippen LogP contribution in [0.15, 0.2) is 91.0 Å². The normalized spacial score (nSPS) is 37.9. The van der Waals surface area contributed by atoms with E-state index in [4.69, 9.17) is 93.1 Å². The van der Waals surface area contributed by atoms with Gasteiger partial charge in [-0.1, -0.05) is 91.0 Å². The summed E-state index contributed by atoms with van der Waals surface area (Å²) in [5.41, 5.74) is 0.408. The molecule has 62 nitrogen and oxygen atoms in total. The molecular weight excluding hydrogens is 2040 g/mol. The van der Waals surface area contributed by atoms with Crippen LogP contribution in [0.4, 0.5) is 0 Å². The first-order valence-electron chi connectivity index (χ1n) is 38.1. The minimum Gasteiger partial charge on any atom is -0.387 e. The maximum atomic E-state index is 13.3. The summed E-state index contributed by atoms with van der Waals surface area (Å²) in [5, 5.41) is 111. The molecule has 0 aliphatic carbocycles. The monoisotopic (exact) mass is 2120 g/mol. The van der Waals surface area contributed by atoms with Crippen LogP contribution in [0.25, 0.3) is 0 Å². The Morgan fingerprint density at radius 3 is 0.597 bits per heavy atom. The lowest BCUT2D eigenvalue weighted by atomic mass is 9.95. The van der Waals surface area contributed by atoms with Gasteiger partial charge in [0.05, 0.1) is 66.1 Å². The Labute approximate surface area is 759 Å². The number of rotatable bonds is 34. The molecule has 134 heavy (non-hydrogen) atoms. The second-order valence-electron chi connectivity index (χ2n) is 29.7. The van der Waals surface area contributed by atoms with Crippen LogP contribution in [0.5, 0.6) is 0 Å². The number of hydrogen-bond acceptors (Lipinski definition) is 53. The summed E-state index contributed by atoms with van der Waals surface area (Å²) < 4.78 is 463. The third-order valence-electron chi connectivity index (χ3n) is 20.4. The minimum atomic E-state index is -6.46. The van der Waals surface area contributed by atoms with Gasteiger partial charge in [-0.2, -0.15) is 75.8 Å². The molecule has 21 aliphatic heterocycles. The molecule has 0 spiro atoms. The lowest BCUT2D eigenvalue weighted by Gasteiger charge is -2.51. The van der Waals surface area contributed by atoms with Crippen LogP contribution in [0, 0.1) is 0 Å². The van der Waals surface area contributed by atoms with Crippen molar-refractivity contribution in [1.29, 1.82) is 0 Å². The van der Waals surface area contributed by atoms with E-state index in [9.17, 15) is 163 Å². The van der Waals surface area contributed by atoms with Gasteiger partial charge in [-0.3, -0.25) is 41.0 Å². The molecule has 21 saturated heterocycles. The minimum absolute atomic E-state index is 0.0696. The van der Waals surface area contributed by atoms with Gasteiger partial charge in [0, 0.05) is 0 Å². The van der Waals surface area contributed by atoms with Crippen molar-refractivity contribution in [2.24, 2.45) is 0 Å². The fourth-order valence-corrected chi connectivity index (χ4v) is 17.8. The standard InChI is InChI=1S/C63H88O62S9/c64-36-39(67)57-110-29(19-103-126(73,74)75)45(36)118-58-41(69)38(66)47(31(112-58)21-105-128(79,80)81)120-63-56(125-134(97,98)99)55(124-133(94,95)96)51(35(116-63)25-109-132(91,92)93)123-62-54(102-18-28-14-8-3-9-15-28)44(72)50(34(115-62)24-108-131(88,89)90)122-61-53(101-17-27-12-6-2-7-13-27)43(71)49(33(114-61)23-107-130(85,86)87)121-60-52(100-16-26-10-4-1-5-11-26)42(70)48(32(113-60)22-106-129(82,83)84)119-59-40(68)37(65)46(117-57)30(111-59)20-104-127(76,77)78/h1-15,29-72H,16-25H2,(H,73,74,75)(H,76,77,78)(H,79,80,81)(H,82,83,84)(H,85,86,87)(H,88,89,90)(H,91,92,93)(H,94,95,96)(H,97,98,99)/t29-,30-,31-,32-,33-,34-,35-,36-,37-,38-,39?,40?,41?,42+,43+,44+,45?,46?,47?,48?,49?,50?,51?,52-,53-,54-,55+,56-,57?,58?,59?,60?,61?,62?,63-/m1/s1. The number of hydrogen-bond donors (Lipinski definition) is 18. The molecule has 24 rings (SSSR count). The predicted octanol–water partition coefficient (Wildman–Crippen LogP) is -10.1. The van der Waals surface area contributed by atoms with Crippen molar-refractivity contribution in [2.45, 2.75) is 235 Å². The topological polar surface area (TPSA) is 911 Å². The molecule has 71 heteroatoms. The van der Waals surface area contributed by atoms with Crippen LogP contribution >= 0.6 is 0 Å². The average Bonchev–Trinajstić information content (AvgIpc) is 0.768. The van der Waals surface area contributed by atoms with Gasteiger partial charge in [-0.15, -0.1) is 0 Å².